The molecule has 0 atom stereocenters. The van der Waals surface area contributed by atoms with Gasteiger partial charge in [-0.2, -0.15) is 0 Å². The molecule has 0 bridgehead atoms. The van der Waals surface area contributed by atoms with E-state index in [9.17, 15) is 4.79 Å². The van der Waals surface area contributed by atoms with Gasteiger partial charge in [0.2, 0.25) is 5.91 Å². The third-order valence-electron chi connectivity index (χ3n) is 2.96. The van der Waals surface area contributed by atoms with Crippen molar-refractivity contribution in [3.05, 3.63) is 77.4 Å². The first-order chi connectivity index (χ1) is 9.24. The van der Waals surface area contributed by atoms with Crippen LogP contribution in [0.25, 0.3) is 6.08 Å². The molecule has 2 heteroatoms. The fourth-order valence-corrected chi connectivity index (χ4v) is 1.91. The molecule has 0 fully saturated rings. The number of hydrogen-bond acceptors (Lipinski definition) is 1. The molecule has 2 aromatic rings. The molecule has 0 aliphatic heterocycles. The van der Waals surface area contributed by atoms with Crippen molar-refractivity contribution in [2.45, 2.75) is 12.8 Å². The van der Waals surface area contributed by atoms with E-state index in [-0.39, 0.29) is 0 Å². The molecule has 0 radical (unpaired) electrons. The fourth-order valence-electron chi connectivity index (χ4n) is 1.91. The molecular formula is C17H17NO. The van der Waals surface area contributed by atoms with Gasteiger partial charge in [-0.25, -0.2) is 0 Å². The van der Waals surface area contributed by atoms with Crippen LogP contribution in [0.1, 0.15) is 16.7 Å². The molecule has 2 N–H and O–H groups in total. The number of primary amides is 1. The smallest absolute Gasteiger partial charge is 0.241 e. The summed E-state index contributed by atoms with van der Waals surface area (Å²) in [7, 11) is 0. The Kier molecular flexibility index (Phi) is 4.51. The van der Waals surface area contributed by atoms with Gasteiger partial charge >= 0.3 is 0 Å². The highest BCUT2D eigenvalue weighted by atomic mass is 16.1. The molecule has 0 saturated carbocycles. The molecule has 0 aliphatic carbocycles. The molecule has 2 rings (SSSR count). The number of carbonyl (C=O) groups excluding carboxylic acids is 1. The van der Waals surface area contributed by atoms with E-state index in [0.29, 0.717) is 0 Å². The SMILES string of the molecule is NC(=O)C=Cc1ccc(CCc2ccccc2)cc1. The number of hydrogen-bond donors (Lipinski definition) is 1. The lowest BCUT2D eigenvalue weighted by Gasteiger charge is -2.02. The predicted molar refractivity (Wildman–Crippen MR) is 78.5 cm³/mol. The minimum Gasteiger partial charge on any atom is -0.366 e. The van der Waals surface area contributed by atoms with E-state index in [4.69, 9.17) is 5.73 Å². The highest BCUT2D eigenvalue weighted by Crippen LogP contribution is 2.10. The van der Waals surface area contributed by atoms with Gasteiger partial charge in [-0.1, -0.05) is 54.6 Å². The molecule has 96 valence electrons. The molecular weight excluding hydrogens is 234 g/mol. The van der Waals surface area contributed by atoms with Crippen LogP contribution in [0.3, 0.4) is 0 Å². The highest BCUT2D eigenvalue weighted by Gasteiger charge is 1.96. The molecule has 0 spiro atoms. The van der Waals surface area contributed by atoms with Crippen molar-refractivity contribution in [1.82, 2.24) is 0 Å². The Bertz CT molecular complexity index is 556. The van der Waals surface area contributed by atoms with Crippen molar-refractivity contribution in [3.63, 3.8) is 0 Å². The number of nitrogens with two attached hydrogens (primary N) is 1. The monoisotopic (exact) mass is 251 g/mol. The Morgan fingerprint density at radius 1 is 0.895 bits per heavy atom. The fraction of sp³-hybridized carbons (Fsp3) is 0.118. The van der Waals surface area contributed by atoms with Crippen molar-refractivity contribution in [2.24, 2.45) is 5.73 Å². The van der Waals surface area contributed by atoms with Crippen molar-refractivity contribution in [1.29, 1.82) is 0 Å². The normalized spacial score (nSPS) is 10.7. The third kappa shape index (κ3) is 4.43. The van der Waals surface area contributed by atoms with Crippen LogP contribution in [-0.2, 0) is 17.6 Å². The number of rotatable bonds is 5. The van der Waals surface area contributed by atoms with Gasteiger partial charge in [0.25, 0.3) is 0 Å². The molecule has 2 aromatic carbocycles. The van der Waals surface area contributed by atoms with Gasteiger partial charge in [0.15, 0.2) is 0 Å². The van der Waals surface area contributed by atoms with E-state index >= 15 is 0 Å². The molecule has 19 heavy (non-hydrogen) atoms. The van der Waals surface area contributed by atoms with E-state index < -0.39 is 5.91 Å². The molecule has 0 heterocycles. The van der Waals surface area contributed by atoms with Gasteiger partial charge in [0, 0.05) is 6.08 Å². The van der Waals surface area contributed by atoms with Crippen LogP contribution in [0.5, 0.6) is 0 Å². The first-order valence-electron chi connectivity index (χ1n) is 6.34. The summed E-state index contributed by atoms with van der Waals surface area (Å²) in [6.45, 7) is 0. The van der Waals surface area contributed by atoms with Crippen LogP contribution in [0.2, 0.25) is 0 Å². The summed E-state index contributed by atoms with van der Waals surface area (Å²) in [4.78, 5) is 10.6. The number of carbonyl (C=O) groups is 1. The minimum absolute atomic E-state index is 0.423. The topological polar surface area (TPSA) is 43.1 Å². The first-order valence-corrected chi connectivity index (χ1v) is 6.34. The Labute approximate surface area is 113 Å². The second kappa shape index (κ2) is 6.55. The Morgan fingerprint density at radius 3 is 2.05 bits per heavy atom. The Hall–Kier alpha value is -2.35. The summed E-state index contributed by atoms with van der Waals surface area (Å²) in [5.41, 5.74) is 8.68. The maximum absolute atomic E-state index is 10.6. The lowest BCUT2D eigenvalue weighted by Crippen LogP contribution is -2.05. The lowest BCUT2D eigenvalue weighted by atomic mass is 10.0. The average Bonchev–Trinajstić information content (AvgIpc) is 2.45. The Balaban J connectivity index is 1.94. The number of aryl methyl sites for hydroxylation is 2. The summed E-state index contributed by atoms with van der Waals surface area (Å²) in [6.07, 6.45) is 5.16. The van der Waals surface area contributed by atoms with Crippen molar-refractivity contribution in [2.75, 3.05) is 0 Å². The summed E-state index contributed by atoms with van der Waals surface area (Å²) in [6, 6.07) is 18.6. The third-order valence-corrected chi connectivity index (χ3v) is 2.96. The minimum atomic E-state index is -0.423. The summed E-state index contributed by atoms with van der Waals surface area (Å²) >= 11 is 0. The first kappa shape index (κ1) is 13.1. The highest BCUT2D eigenvalue weighted by molar-refractivity contribution is 5.90. The molecule has 0 aliphatic rings. The maximum atomic E-state index is 10.6. The van der Waals surface area contributed by atoms with E-state index in [1.807, 2.05) is 18.2 Å². The van der Waals surface area contributed by atoms with Gasteiger partial charge in [-0.3, -0.25) is 4.79 Å². The van der Waals surface area contributed by atoms with Crippen molar-refractivity contribution < 1.29 is 4.79 Å². The van der Waals surface area contributed by atoms with Crippen LogP contribution in [0, 0.1) is 0 Å². The zero-order chi connectivity index (χ0) is 13.5. The standard InChI is InChI=1S/C17H17NO/c18-17(19)13-12-16-10-8-15(9-11-16)7-6-14-4-2-1-3-5-14/h1-5,8-13H,6-7H2,(H2,18,19). The van der Waals surface area contributed by atoms with Crippen LogP contribution in [0.15, 0.2) is 60.7 Å². The molecule has 1 amide bonds. The van der Waals surface area contributed by atoms with Crippen molar-refractivity contribution >= 4 is 12.0 Å². The van der Waals surface area contributed by atoms with E-state index in [0.717, 1.165) is 18.4 Å². The Morgan fingerprint density at radius 2 is 1.47 bits per heavy atom. The average molecular weight is 251 g/mol. The molecule has 2 nitrogen and oxygen atoms in total. The van der Waals surface area contributed by atoms with Gasteiger partial charge in [-0.05, 0) is 35.6 Å². The summed E-state index contributed by atoms with van der Waals surface area (Å²) in [5.74, 6) is -0.423. The maximum Gasteiger partial charge on any atom is 0.241 e. The van der Waals surface area contributed by atoms with Gasteiger partial charge in [-0.15, -0.1) is 0 Å². The van der Waals surface area contributed by atoms with Gasteiger partial charge in [0.05, 0.1) is 0 Å². The second-order valence-corrected chi connectivity index (χ2v) is 4.46. The zero-order valence-electron chi connectivity index (χ0n) is 10.8. The van der Waals surface area contributed by atoms with E-state index in [1.165, 1.54) is 17.2 Å². The summed E-state index contributed by atoms with van der Waals surface area (Å²) in [5, 5.41) is 0. The quantitative estimate of drug-likeness (QED) is 0.816. The van der Waals surface area contributed by atoms with E-state index in [2.05, 4.69) is 36.4 Å². The zero-order valence-corrected chi connectivity index (χ0v) is 10.8. The number of benzene rings is 2. The van der Waals surface area contributed by atoms with Crippen LogP contribution in [0.4, 0.5) is 0 Å². The molecule has 0 saturated heterocycles. The van der Waals surface area contributed by atoms with E-state index in [1.54, 1.807) is 6.08 Å². The van der Waals surface area contributed by atoms with Gasteiger partial charge < -0.3 is 5.73 Å². The number of amides is 1. The van der Waals surface area contributed by atoms with Crippen LogP contribution in [-0.4, -0.2) is 5.91 Å². The van der Waals surface area contributed by atoms with Crippen LogP contribution >= 0.6 is 0 Å². The van der Waals surface area contributed by atoms with Crippen LogP contribution < -0.4 is 5.73 Å². The van der Waals surface area contributed by atoms with Crippen molar-refractivity contribution in [3.8, 4) is 0 Å². The van der Waals surface area contributed by atoms with Gasteiger partial charge in [0.1, 0.15) is 0 Å². The molecule has 0 aromatic heterocycles. The molecule has 0 unspecified atom stereocenters. The lowest BCUT2D eigenvalue weighted by molar-refractivity contribution is -0.113. The largest absolute Gasteiger partial charge is 0.366 e. The predicted octanol–water partition coefficient (Wildman–Crippen LogP) is 2.97. The second-order valence-electron chi connectivity index (χ2n) is 4.46. The summed E-state index contributed by atoms with van der Waals surface area (Å²) < 4.78 is 0.